The zero-order valence-electron chi connectivity index (χ0n) is 22.4. The molecule has 0 aliphatic carbocycles. The second-order valence-corrected chi connectivity index (χ2v) is 9.35. The lowest BCUT2D eigenvalue weighted by Gasteiger charge is -2.18. The van der Waals surface area contributed by atoms with E-state index < -0.39 is 0 Å². The highest BCUT2D eigenvalue weighted by atomic mass is 32.2. The van der Waals surface area contributed by atoms with Gasteiger partial charge in [0, 0.05) is 34.5 Å². The molecule has 0 radical (unpaired) electrons. The lowest BCUT2D eigenvalue weighted by molar-refractivity contribution is 0.223. The minimum atomic E-state index is 0.489. The molecule has 1 aromatic heterocycles. The van der Waals surface area contributed by atoms with Crippen LogP contribution in [0.1, 0.15) is 13.8 Å². The van der Waals surface area contributed by atoms with Gasteiger partial charge >= 0.3 is 0 Å². The van der Waals surface area contributed by atoms with Gasteiger partial charge in [-0.15, -0.1) is 11.8 Å². The zero-order valence-corrected chi connectivity index (χ0v) is 23.2. The van der Waals surface area contributed by atoms with E-state index in [0.29, 0.717) is 18.4 Å². The average molecular weight is 530 g/mol. The third-order valence-corrected chi connectivity index (χ3v) is 7.02. The van der Waals surface area contributed by atoms with E-state index in [1.165, 1.54) is 0 Å². The number of nitrogens with zero attached hydrogens (tertiary/aromatic N) is 3. The summed E-state index contributed by atoms with van der Waals surface area (Å²) in [5.41, 5.74) is 3.67. The number of para-hydroxylation sites is 2. The molecule has 0 fully saturated rings. The standard InChI is InChI=1S/C30H35N5O2S/c1-5-35(6-2)19-20-37-23-17-15-22(16-18-23)32-30-31-21-25(24-11-7-10-14-28(24)38-4)29(34-30)33-26-12-8-9-13-27(26)36-3/h7-18,21H,5-6,19-20H2,1-4H3,(H2,31,32,33,34). The summed E-state index contributed by atoms with van der Waals surface area (Å²) in [6.07, 6.45) is 3.92. The van der Waals surface area contributed by atoms with E-state index >= 15 is 0 Å². The predicted octanol–water partition coefficient (Wildman–Crippen LogP) is 7.08. The van der Waals surface area contributed by atoms with Crippen LogP contribution >= 0.6 is 11.8 Å². The maximum Gasteiger partial charge on any atom is 0.229 e. The van der Waals surface area contributed by atoms with Gasteiger partial charge in [0.2, 0.25) is 5.95 Å². The fourth-order valence-electron chi connectivity index (χ4n) is 4.07. The fraction of sp³-hybridized carbons (Fsp3) is 0.267. The van der Waals surface area contributed by atoms with E-state index in [-0.39, 0.29) is 0 Å². The number of rotatable bonds is 13. The van der Waals surface area contributed by atoms with E-state index in [2.05, 4.69) is 52.8 Å². The number of anilines is 4. The molecule has 38 heavy (non-hydrogen) atoms. The molecule has 0 saturated heterocycles. The average Bonchev–Trinajstić information content (AvgIpc) is 2.97. The van der Waals surface area contributed by atoms with Gasteiger partial charge in [0.05, 0.1) is 12.8 Å². The third-order valence-electron chi connectivity index (χ3n) is 6.23. The first kappa shape index (κ1) is 27.3. The van der Waals surface area contributed by atoms with Crippen LogP contribution in [0.5, 0.6) is 11.5 Å². The van der Waals surface area contributed by atoms with Crippen LogP contribution in [-0.4, -0.2) is 54.5 Å². The van der Waals surface area contributed by atoms with Gasteiger partial charge in [-0.25, -0.2) is 4.98 Å². The number of aromatic nitrogens is 2. The van der Waals surface area contributed by atoms with E-state index in [1.807, 2.05) is 66.9 Å². The van der Waals surface area contributed by atoms with Gasteiger partial charge in [-0.05, 0) is 61.8 Å². The van der Waals surface area contributed by atoms with Crippen molar-refractivity contribution >= 4 is 34.9 Å². The first-order chi connectivity index (χ1) is 18.6. The number of nitrogens with one attached hydrogen (secondary N) is 2. The summed E-state index contributed by atoms with van der Waals surface area (Å²) in [5.74, 6) is 2.75. The van der Waals surface area contributed by atoms with Gasteiger partial charge in [-0.1, -0.05) is 44.2 Å². The highest BCUT2D eigenvalue weighted by Gasteiger charge is 2.15. The van der Waals surface area contributed by atoms with Crippen molar-refractivity contribution in [3.8, 4) is 22.6 Å². The lowest BCUT2D eigenvalue weighted by atomic mass is 10.1. The van der Waals surface area contributed by atoms with Crippen molar-refractivity contribution < 1.29 is 9.47 Å². The Hall–Kier alpha value is -3.75. The third kappa shape index (κ3) is 6.96. The van der Waals surface area contributed by atoms with Gasteiger partial charge in [0.15, 0.2) is 0 Å². The summed E-state index contributed by atoms with van der Waals surface area (Å²) in [6, 6.07) is 23.9. The van der Waals surface area contributed by atoms with Crippen LogP contribution in [0, 0.1) is 0 Å². The molecule has 4 aromatic rings. The molecule has 3 aromatic carbocycles. The molecule has 198 valence electrons. The van der Waals surface area contributed by atoms with Crippen molar-refractivity contribution in [2.75, 3.05) is 50.2 Å². The molecular weight excluding hydrogens is 494 g/mol. The molecule has 1 heterocycles. The second kappa shape index (κ2) is 13.7. The maximum absolute atomic E-state index is 5.91. The Kier molecular flexibility index (Phi) is 9.84. The zero-order chi connectivity index (χ0) is 26.7. The minimum Gasteiger partial charge on any atom is -0.495 e. The van der Waals surface area contributed by atoms with Gasteiger partial charge in [0.1, 0.15) is 23.9 Å². The predicted molar refractivity (Wildman–Crippen MR) is 159 cm³/mol. The van der Waals surface area contributed by atoms with Crippen LogP contribution in [0.2, 0.25) is 0 Å². The Balaban J connectivity index is 1.57. The first-order valence-corrected chi connectivity index (χ1v) is 14.0. The van der Waals surface area contributed by atoms with Crippen molar-refractivity contribution in [2.24, 2.45) is 0 Å². The molecule has 0 bridgehead atoms. The highest BCUT2D eigenvalue weighted by Crippen LogP contribution is 2.37. The molecule has 0 unspecified atom stereocenters. The molecule has 4 rings (SSSR count). The summed E-state index contributed by atoms with van der Waals surface area (Å²) < 4.78 is 11.5. The molecule has 0 amide bonds. The van der Waals surface area contributed by atoms with Crippen molar-refractivity contribution in [1.29, 1.82) is 0 Å². The number of ether oxygens (including phenoxy) is 2. The van der Waals surface area contributed by atoms with Crippen molar-refractivity contribution in [3.05, 3.63) is 79.0 Å². The molecule has 2 N–H and O–H groups in total. The second-order valence-electron chi connectivity index (χ2n) is 8.51. The molecule has 7 nitrogen and oxygen atoms in total. The van der Waals surface area contributed by atoms with Crippen LogP contribution in [0.25, 0.3) is 11.1 Å². The van der Waals surface area contributed by atoms with Crippen LogP contribution < -0.4 is 20.1 Å². The van der Waals surface area contributed by atoms with Crippen molar-refractivity contribution in [2.45, 2.75) is 18.7 Å². The van der Waals surface area contributed by atoms with Crippen LogP contribution in [0.3, 0.4) is 0 Å². The number of likely N-dealkylation sites (N-methyl/N-ethyl adjacent to an activating group) is 1. The van der Waals surface area contributed by atoms with Gasteiger partial charge in [-0.3, -0.25) is 0 Å². The van der Waals surface area contributed by atoms with Crippen LogP contribution in [0.15, 0.2) is 83.9 Å². The SMILES string of the molecule is CCN(CC)CCOc1ccc(Nc2ncc(-c3ccccc3SC)c(Nc3ccccc3OC)n2)cc1. The Bertz CT molecular complexity index is 1310. The lowest BCUT2D eigenvalue weighted by Crippen LogP contribution is -2.27. The molecular formula is C30H35N5O2S. The monoisotopic (exact) mass is 529 g/mol. The Morgan fingerprint density at radius 3 is 2.34 bits per heavy atom. The molecule has 8 heteroatoms. The molecule has 0 spiro atoms. The molecule has 0 saturated carbocycles. The van der Waals surface area contributed by atoms with E-state index in [9.17, 15) is 0 Å². The summed E-state index contributed by atoms with van der Waals surface area (Å²) in [7, 11) is 1.66. The van der Waals surface area contributed by atoms with Crippen LogP contribution in [-0.2, 0) is 0 Å². The Morgan fingerprint density at radius 2 is 1.61 bits per heavy atom. The van der Waals surface area contributed by atoms with Gasteiger partial charge in [0.25, 0.3) is 0 Å². The molecule has 0 aliphatic heterocycles. The highest BCUT2D eigenvalue weighted by molar-refractivity contribution is 7.98. The summed E-state index contributed by atoms with van der Waals surface area (Å²) in [5, 5.41) is 6.79. The number of methoxy groups -OCH3 is 1. The van der Waals surface area contributed by atoms with Gasteiger partial charge < -0.3 is 25.0 Å². The summed E-state index contributed by atoms with van der Waals surface area (Å²) in [4.78, 5) is 13.0. The largest absolute Gasteiger partial charge is 0.495 e. The summed E-state index contributed by atoms with van der Waals surface area (Å²) in [6.45, 7) is 7.95. The molecule has 0 aliphatic rings. The Morgan fingerprint density at radius 1 is 0.868 bits per heavy atom. The van der Waals surface area contributed by atoms with Gasteiger partial charge in [-0.2, -0.15) is 4.98 Å². The number of benzene rings is 3. The maximum atomic E-state index is 5.91. The van der Waals surface area contributed by atoms with Crippen molar-refractivity contribution in [3.63, 3.8) is 0 Å². The quantitative estimate of drug-likeness (QED) is 0.178. The van der Waals surface area contributed by atoms with E-state index in [1.54, 1.807) is 18.9 Å². The fourth-order valence-corrected chi connectivity index (χ4v) is 4.69. The van der Waals surface area contributed by atoms with E-state index in [0.717, 1.165) is 58.5 Å². The van der Waals surface area contributed by atoms with Crippen molar-refractivity contribution in [1.82, 2.24) is 14.9 Å². The number of thioether (sulfide) groups is 1. The first-order valence-electron chi connectivity index (χ1n) is 12.8. The minimum absolute atomic E-state index is 0.489. The summed E-state index contributed by atoms with van der Waals surface area (Å²) >= 11 is 1.69. The Labute approximate surface area is 229 Å². The topological polar surface area (TPSA) is 71.5 Å². The smallest absolute Gasteiger partial charge is 0.229 e. The molecule has 0 atom stereocenters. The number of hydrogen-bond acceptors (Lipinski definition) is 8. The normalized spacial score (nSPS) is 10.9. The van der Waals surface area contributed by atoms with E-state index in [4.69, 9.17) is 14.5 Å². The number of hydrogen-bond donors (Lipinski definition) is 2. The van der Waals surface area contributed by atoms with Crippen LogP contribution in [0.4, 0.5) is 23.1 Å².